The predicted octanol–water partition coefficient (Wildman–Crippen LogP) is 3.17. The molecule has 1 atom stereocenters. The zero-order chi connectivity index (χ0) is 13.9. The molecule has 5 nitrogen and oxygen atoms in total. The average Bonchev–Trinajstić information content (AvgIpc) is 3.19. The Morgan fingerprint density at radius 1 is 1.50 bits per heavy atom. The van der Waals surface area contributed by atoms with Gasteiger partial charge in [0.2, 0.25) is 6.29 Å². The third-order valence-electron chi connectivity index (χ3n) is 2.81. The van der Waals surface area contributed by atoms with E-state index < -0.39 is 0 Å². The second kappa shape index (κ2) is 6.01. The summed E-state index contributed by atoms with van der Waals surface area (Å²) >= 11 is 2.91. The Bertz CT molecular complexity index is 575. The molecule has 0 bridgehead atoms. The van der Waals surface area contributed by atoms with Gasteiger partial charge in [-0.25, -0.2) is 9.78 Å². The summed E-state index contributed by atoms with van der Waals surface area (Å²) < 4.78 is 16.2. The Kier molecular flexibility index (Phi) is 4.11. The first-order valence-electron chi connectivity index (χ1n) is 6.16. The van der Waals surface area contributed by atoms with E-state index in [9.17, 15) is 4.79 Å². The minimum atomic E-state index is -0.381. The van der Waals surface area contributed by atoms with Crippen molar-refractivity contribution in [1.29, 1.82) is 0 Å². The molecule has 0 unspecified atom stereocenters. The van der Waals surface area contributed by atoms with Crippen LogP contribution in [-0.4, -0.2) is 24.2 Å². The van der Waals surface area contributed by atoms with Crippen LogP contribution in [-0.2, 0) is 14.2 Å². The van der Waals surface area contributed by atoms with Gasteiger partial charge in [-0.05, 0) is 18.4 Å². The van der Waals surface area contributed by atoms with Gasteiger partial charge < -0.3 is 14.2 Å². The van der Waals surface area contributed by atoms with Crippen molar-refractivity contribution in [1.82, 2.24) is 4.98 Å². The van der Waals surface area contributed by atoms with Crippen molar-refractivity contribution in [3.8, 4) is 0 Å². The van der Waals surface area contributed by atoms with Crippen molar-refractivity contribution in [2.75, 3.05) is 13.2 Å². The van der Waals surface area contributed by atoms with E-state index in [4.69, 9.17) is 14.2 Å². The van der Waals surface area contributed by atoms with Gasteiger partial charge in [0, 0.05) is 11.6 Å². The monoisotopic (exact) mass is 311 g/mol. The number of esters is 1. The van der Waals surface area contributed by atoms with Gasteiger partial charge in [0.25, 0.3) is 0 Å². The topological polar surface area (TPSA) is 57.7 Å². The van der Waals surface area contributed by atoms with Gasteiger partial charge in [-0.3, -0.25) is 0 Å². The first-order chi connectivity index (χ1) is 9.74. The van der Waals surface area contributed by atoms with Crippen molar-refractivity contribution >= 4 is 28.6 Å². The molecule has 0 saturated carbocycles. The highest BCUT2D eigenvalue weighted by Crippen LogP contribution is 2.31. The van der Waals surface area contributed by atoms with E-state index in [-0.39, 0.29) is 18.4 Å². The first-order valence-corrected chi connectivity index (χ1v) is 7.92. The van der Waals surface area contributed by atoms with E-state index in [1.165, 1.54) is 22.7 Å². The van der Waals surface area contributed by atoms with Crippen molar-refractivity contribution in [3.63, 3.8) is 0 Å². The molecule has 0 radical (unpaired) electrons. The van der Waals surface area contributed by atoms with E-state index in [0.717, 1.165) is 9.88 Å². The molecule has 2 aromatic rings. The zero-order valence-electron chi connectivity index (χ0n) is 10.8. The highest BCUT2D eigenvalue weighted by Gasteiger charge is 2.24. The summed E-state index contributed by atoms with van der Waals surface area (Å²) in [6.45, 7) is 3.00. The molecule has 3 heterocycles. The fourth-order valence-corrected chi connectivity index (χ4v) is 3.29. The molecule has 2 aromatic heterocycles. The van der Waals surface area contributed by atoms with Crippen LogP contribution in [0.4, 0.5) is 0 Å². The molecule has 0 aliphatic carbocycles. The van der Waals surface area contributed by atoms with Crippen LogP contribution in [0.5, 0.6) is 0 Å². The standard InChI is InChI=1S/C13H13NO4S2/c1-8(18-12(15)9-2-5-19-7-9)10-6-14-11(20-10)13-16-3-4-17-13/h2,5-8,13H,3-4H2,1H3/t8-/m0/s1. The van der Waals surface area contributed by atoms with E-state index in [1.807, 2.05) is 12.3 Å². The normalized spacial score (nSPS) is 17.2. The van der Waals surface area contributed by atoms with Gasteiger partial charge in [0.15, 0.2) is 0 Å². The minimum absolute atomic E-state index is 0.318. The number of rotatable bonds is 4. The Morgan fingerprint density at radius 2 is 2.30 bits per heavy atom. The van der Waals surface area contributed by atoms with Crippen LogP contribution in [0, 0.1) is 0 Å². The Labute approximate surface area is 124 Å². The molecule has 1 aliphatic rings. The average molecular weight is 311 g/mol. The second-order valence-corrected chi connectivity index (χ2v) is 6.11. The van der Waals surface area contributed by atoms with E-state index in [2.05, 4.69) is 4.98 Å². The van der Waals surface area contributed by atoms with Gasteiger partial charge in [-0.15, -0.1) is 11.3 Å². The number of carbonyl (C=O) groups excluding carboxylic acids is 1. The Hall–Kier alpha value is -1.28. The molecular formula is C13H13NO4S2. The van der Waals surface area contributed by atoms with Crippen LogP contribution in [0.15, 0.2) is 23.0 Å². The molecule has 0 N–H and O–H groups in total. The lowest BCUT2D eigenvalue weighted by atomic mass is 10.3. The summed E-state index contributed by atoms with van der Waals surface area (Å²) in [5.74, 6) is -0.318. The molecular weight excluding hydrogens is 298 g/mol. The van der Waals surface area contributed by atoms with Crippen LogP contribution in [0.25, 0.3) is 0 Å². The smallest absolute Gasteiger partial charge is 0.339 e. The summed E-state index contributed by atoms with van der Waals surface area (Å²) in [6, 6.07) is 1.75. The summed E-state index contributed by atoms with van der Waals surface area (Å²) in [5, 5.41) is 4.38. The van der Waals surface area contributed by atoms with Crippen molar-refractivity contribution in [2.24, 2.45) is 0 Å². The molecule has 1 aliphatic heterocycles. The number of ether oxygens (including phenoxy) is 3. The molecule has 0 amide bonds. The number of nitrogens with zero attached hydrogens (tertiary/aromatic N) is 1. The SMILES string of the molecule is C[C@H](OC(=O)c1ccsc1)c1cnc(C2OCCO2)s1. The maximum absolute atomic E-state index is 11.9. The second-order valence-electron chi connectivity index (χ2n) is 4.23. The molecule has 106 valence electrons. The summed E-state index contributed by atoms with van der Waals surface area (Å²) in [5.41, 5.74) is 0.578. The van der Waals surface area contributed by atoms with Crippen molar-refractivity contribution in [3.05, 3.63) is 38.5 Å². The van der Waals surface area contributed by atoms with E-state index in [1.54, 1.807) is 17.6 Å². The van der Waals surface area contributed by atoms with Crippen molar-refractivity contribution < 1.29 is 19.0 Å². The Balaban J connectivity index is 1.65. The highest BCUT2D eigenvalue weighted by molar-refractivity contribution is 7.11. The lowest BCUT2D eigenvalue weighted by molar-refractivity contribution is -0.0442. The fraction of sp³-hybridized carbons (Fsp3) is 0.385. The van der Waals surface area contributed by atoms with Gasteiger partial charge in [-0.1, -0.05) is 0 Å². The van der Waals surface area contributed by atoms with Crippen LogP contribution in [0.1, 0.15) is 39.6 Å². The van der Waals surface area contributed by atoms with E-state index in [0.29, 0.717) is 18.8 Å². The van der Waals surface area contributed by atoms with Crippen LogP contribution < -0.4 is 0 Å². The largest absolute Gasteiger partial charge is 0.453 e. The Morgan fingerprint density at radius 3 is 3.00 bits per heavy atom. The van der Waals surface area contributed by atoms with Gasteiger partial charge in [0.1, 0.15) is 11.1 Å². The molecule has 0 spiro atoms. The summed E-state index contributed by atoms with van der Waals surface area (Å²) in [6.07, 6.45) is 0.986. The molecule has 1 saturated heterocycles. The van der Waals surface area contributed by atoms with Crippen LogP contribution in [0.2, 0.25) is 0 Å². The van der Waals surface area contributed by atoms with Gasteiger partial charge in [0.05, 0.1) is 23.7 Å². The third-order valence-corrected chi connectivity index (χ3v) is 4.67. The number of carbonyl (C=O) groups is 1. The summed E-state index contributed by atoms with van der Waals surface area (Å²) in [7, 11) is 0. The maximum atomic E-state index is 11.9. The quantitative estimate of drug-likeness (QED) is 0.812. The third kappa shape index (κ3) is 2.90. The highest BCUT2D eigenvalue weighted by atomic mass is 32.1. The number of hydrogen-bond acceptors (Lipinski definition) is 7. The lowest BCUT2D eigenvalue weighted by Gasteiger charge is -2.10. The van der Waals surface area contributed by atoms with Gasteiger partial charge >= 0.3 is 5.97 Å². The zero-order valence-corrected chi connectivity index (χ0v) is 12.4. The minimum Gasteiger partial charge on any atom is -0.453 e. The van der Waals surface area contributed by atoms with Crippen molar-refractivity contribution in [2.45, 2.75) is 19.3 Å². The molecule has 7 heteroatoms. The number of thiophene rings is 1. The molecule has 0 aromatic carbocycles. The van der Waals surface area contributed by atoms with Gasteiger partial charge in [-0.2, -0.15) is 11.3 Å². The van der Waals surface area contributed by atoms with E-state index >= 15 is 0 Å². The van der Waals surface area contributed by atoms with Crippen LogP contribution >= 0.6 is 22.7 Å². The first kappa shape index (κ1) is 13.7. The molecule has 1 fully saturated rings. The number of hydrogen-bond donors (Lipinski definition) is 0. The fourth-order valence-electron chi connectivity index (χ4n) is 1.77. The summed E-state index contributed by atoms with van der Waals surface area (Å²) in [4.78, 5) is 17.0. The maximum Gasteiger partial charge on any atom is 0.339 e. The van der Waals surface area contributed by atoms with Crippen LogP contribution in [0.3, 0.4) is 0 Å². The molecule has 20 heavy (non-hydrogen) atoms. The molecule has 3 rings (SSSR count). The lowest BCUT2D eigenvalue weighted by Crippen LogP contribution is -2.07. The number of aromatic nitrogens is 1. The number of thiazole rings is 1. The predicted molar refractivity (Wildman–Crippen MR) is 74.9 cm³/mol.